The molecule has 0 aliphatic heterocycles. The number of rotatable bonds is 4. The van der Waals surface area contributed by atoms with Crippen molar-refractivity contribution in [3.63, 3.8) is 0 Å². The van der Waals surface area contributed by atoms with Crippen LogP contribution in [-0.4, -0.2) is 19.1 Å². The molecule has 1 N–H and O–H groups in total. The zero-order valence-electron chi connectivity index (χ0n) is 9.54. The van der Waals surface area contributed by atoms with Gasteiger partial charge in [-0.1, -0.05) is 5.92 Å². The van der Waals surface area contributed by atoms with Gasteiger partial charge in [0.1, 0.15) is 12.4 Å². The fraction of sp³-hybridized carbons (Fsp3) is 0.308. The maximum atomic E-state index is 11.4. The van der Waals surface area contributed by atoms with E-state index in [4.69, 9.17) is 4.74 Å². The molecule has 0 aliphatic rings. The molecular formula is C13H15NO2. The fourth-order valence-corrected chi connectivity index (χ4v) is 1.16. The van der Waals surface area contributed by atoms with E-state index in [0.29, 0.717) is 18.7 Å². The summed E-state index contributed by atoms with van der Waals surface area (Å²) in [7, 11) is 0. The van der Waals surface area contributed by atoms with Gasteiger partial charge < -0.3 is 10.1 Å². The van der Waals surface area contributed by atoms with Crippen molar-refractivity contribution < 1.29 is 9.53 Å². The zero-order chi connectivity index (χ0) is 11.8. The van der Waals surface area contributed by atoms with Gasteiger partial charge in [-0.15, -0.1) is 5.92 Å². The summed E-state index contributed by atoms with van der Waals surface area (Å²) in [6.07, 6.45) is 0. The second-order valence-electron chi connectivity index (χ2n) is 3.10. The molecule has 0 spiro atoms. The predicted molar refractivity (Wildman–Crippen MR) is 63.4 cm³/mol. The van der Waals surface area contributed by atoms with Crippen LogP contribution in [-0.2, 0) is 0 Å². The maximum absolute atomic E-state index is 11.4. The van der Waals surface area contributed by atoms with Crippen molar-refractivity contribution in [2.45, 2.75) is 13.8 Å². The van der Waals surface area contributed by atoms with Crippen molar-refractivity contribution >= 4 is 5.91 Å². The molecule has 0 atom stereocenters. The standard InChI is InChI=1S/C13H15NO2/c1-3-5-10-16-12-8-6-11(7-9-12)13(15)14-4-2/h6-9H,4,10H2,1-2H3,(H,14,15). The first-order chi connectivity index (χ1) is 7.77. The maximum Gasteiger partial charge on any atom is 0.251 e. The molecule has 1 aromatic carbocycles. The molecule has 16 heavy (non-hydrogen) atoms. The van der Waals surface area contributed by atoms with Gasteiger partial charge in [-0.3, -0.25) is 4.79 Å². The van der Waals surface area contributed by atoms with E-state index in [1.807, 2.05) is 6.92 Å². The van der Waals surface area contributed by atoms with Gasteiger partial charge in [0.2, 0.25) is 0 Å². The molecule has 0 aliphatic carbocycles. The molecule has 3 nitrogen and oxygen atoms in total. The summed E-state index contributed by atoms with van der Waals surface area (Å²) >= 11 is 0. The van der Waals surface area contributed by atoms with Crippen LogP contribution in [0, 0.1) is 11.8 Å². The first-order valence-corrected chi connectivity index (χ1v) is 5.18. The van der Waals surface area contributed by atoms with Gasteiger partial charge in [0.25, 0.3) is 5.91 Å². The Morgan fingerprint density at radius 2 is 2.06 bits per heavy atom. The van der Waals surface area contributed by atoms with Crippen LogP contribution in [0.15, 0.2) is 24.3 Å². The Kier molecular flexibility index (Phi) is 4.94. The van der Waals surface area contributed by atoms with E-state index < -0.39 is 0 Å². The van der Waals surface area contributed by atoms with Crippen LogP contribution in [0.5, 0.6) is 5.75 Å². The second kappa shape index (κ2) is 6.52. The minimum absolute atomic E-state index is 0.0672. The van der Waals surface area contributed by atoms with E-state index in [-0.39, 0.29) is 5.91 Å². The van der Waals surface area contributed by atoms with Crippen LogP contribution in [0.1, 0.15) is 24.2 Å². The Hall–Kier alpha value is -1.95. The summed E-state index contributed by atoms with van der Waals surface area (Å²) in [4.78, 5) is 11.4. The van der Waals surface area contributed by atoms with Crippen LogP contribution in [0.4, 0.5) is 0 Å². The lowest BCUT2D eigenvalue weighted by Crippen LogP contribution is -2.22. The third-order valence-corrected chi connectivity index (χ3v) is 1.94. The Morgan fingerprint density at radius 1 is 1.38 bits per heavy atom. The topological polar surface area (TPSA) is 38.3 Å². The van der Waals surface area contributed by atoms with Crippen LogP contribution < -0.4 is 10.1 Å². The lowest BCUT2D eigenvalue weighted by atomic mass is 10.2. The monoisotopic (exact) mass is 217 g/mol. The van der Waals surface area contributed by atoms with Crippen molar-refractivity contribution in [3.05, 3.63) is 29.8 Å². The smallest absolute Gasteiger partial charge is 0.251 e. The van der Waals surface area contributed by atoms with Crippen LogP contribution in [0.2, 0.25) is 0 Å². The molecule has 0 aromatic heterocycles. The van der Waals surface area contributed by atoms with Gasteiger partial charge in [-0.2, -0.15) is 0 Å². The van der Waals surface area contributed by atoms with E-state index in [2.05, 4.69) is 17.2 Å². The van der Waals surface area contributed by atoms with E-state index in [1.54, 1.807) is 31.2 Å². The highest BCUT2D eigenvalue weighted by molar-refractivity contribution is 5.94. The summed E-state index contributed by atoms with van der Waals surface area (Å²) < 4.78 is 5.34. The summed E-state index contributed by atoms with van der Waals surface area (Å²) in [6.45, 7) is 4.65. The molecule has 0 saturated heterocycles. The highest BCUT2D eigenvalue weighted by atomic mass is 16.5. The van der Waals surface area contributed by atoms with E-state index in [0.717, 1.165) is 5.75 Å². The number of carbonyl (C=O) groups excluding carboxylic acids is 1. The molecule has 0 radical (unpaired) electrons. The molecule has 84 valence electrons. The van der Waals surface area contributed by atoms with Gasteiger partial charge >= 0.3 is 0 Å². The normalized spacial score (nSPS) is 8.88. The number of nitrogens with one attached hydrogen (secondary N) is 1. The predicted octanol–water partition coefficient (Wildman–Crippen LogP) is 1.84. The molecule has 3 heteroatoms. The highest BCUT2D eigenvalue weighted by Crippen LogP contribution is 2.11. The minimum Gasteiger partial charge on any atom is -0.481 e. The van der Waals surface area contributed by atoms with Crippen LogP contribution >= 0.6 is 0 Å². The first kappa shape index (κ1) is 12.1. The van der Waals surface area contributed by atoms with Crippen molar-refractivity contribution in [2.75, 3.05) is 13.2 Å². The number of benzene rings is 1. The van der Waals surface area contributed by atoms with E-state index in [9.17, 15) is 4.79 Å². The van der Waals surface area contributed by atoms with Crippen LogP contribution in [0.3, 0.4) is 0 Å². The lowest BCUT2D eigenvalue weighted by molar-refractivity contribution is 0.0956. The number of amides is 1. The van der Waals surface area contributed by atoms with Crippen molar-refractivity contribution in [3.8, 4) is 17.6 Å². The number of ether oxygens (including phenoxy) is 1. The number of hydrogen-bond donors (Lipinski definition) is 1. The van der Waals surface area contributed by atoms with Gasteiger partial charge in [0, 0.05) is 12.1 Å². The quantitative estimate of drug-likeness (QED) is 0.781. The van der Waals surface area contributed by atoms with Gasteiger partial charge in [-0.05, 0) is 38.1 Å². The summed E-state index contributed by atoms with van der Waals surface area (Å²) in [5, 5.41) is 2.73. The molecular weight excluding hydrogens is 202 g/mol. The summed E-state index contributed by atoms with van der Waals surface area (Å²) in [5.74, 6) is 6.20. The SMILES string of the molecule is CC#CCOc1ccc(C(=O)NCC)cc1. The van der Waals surface area contributed by atoms with Gasteiger partial charge in [-0.25, -0.2) is 0 Å². The van der Waals surface area contributed by atoms with Gasteiger partial charge in [0.05, 0.1) is 0 Å². The minimum atomic E-state index is -0.0672. The molecule has 1 amide bonds. The molecule has 0 unspecified atom stereocenters. The fourth-order valence-electron chi connectivity index (χ4n) is 1.16. The van der Waals surface area contributed by atoms with Crippen molar-refractivity contribution in [1.29, 1.82) is 0 Å². The van der Waals surface area contributed by atoms with Crippen molar-refractivity contribution in [1.82, 2.24) is 5.32 Å². The molecule has 0 fully saturated rings. The van der Waals surface area contributed by atoms with Crippen molar-refractivity contribution in [2.24, 2.45) is 0 Å². The first-order valence-electron chi connectivity index (χ1n) is 5.18. The highest BCUT2D eigenvalue weighted by Gasteiger charge is 2.03. The largest absolute Gasteiger partial charge is 0.481 e. The summed E-state index contributed by atoms with van der Waals surface area (Å²) in [5.41, 5.74) is 0.635. The molecule has 1 rings (SSSR count). The molecule has 0 saturated carbocycles. The number of carbonyl (C=O) groups is 1. The van der Waals surface area contributed by atoms with Crippen LogP contribution in [0.25, 0.3) is 0 Å². The zero-order valence-corrected chi connectivity index (χ0v) is 9.54. The molecule has 0 bridgehead atoms. The third kappa shape index (κ3) is 3.66. The lowest BCUT2D eigenvalue weighted by Gasteiger charge is -2.04. The third-order valence-electron chi connectivity index (χ3n) is 1.94. The van der Waals surface area contributed by atoms with E-state index >= 15 is 0 Å². The summed E-state index contributed by atoms with van der Waals surface area (Å²) in [6, 6.07) is 7.00. The number of hydrogen-bond acceptors (Lipinski definition) is 2. The Bertz CT molecular complexity index is 398. The van der Waals surface area contributed by atoms with Gasteiger partial charge in [0.15, 0.2) is 0 Å². The average molecular weight is 217 g/mol. The Labute approximate surface area is 95.8 Å². The molecule has 0 heterocycles. The Morgan fingerprint density at radius 3 is 2.62 bits per heavy atom. The molecule has 1 aromatic rings. The Balaban J connectivity index is 2.59. The average Bonchev–Trinajstić information content (AvgIpc) is 2.30. The van der Waals surface area contributed by atoms with E-state index in [1.165, 1.54) is 0 Å². The second-order valence-corrected chi connectivity index (χ2v) is 3.10.